The van der Waals surface area contributed by atoms with Crippen LogP contribution in [-0.4, -0.2) is 35.0 Å². The summed E-state index contributed by atoms with van der Waals surface area (Å²) in [5, 5.41) is 1.10. The molecule has 2 atom stereocenters. The summed E-state index contributed by atoms with van der Waals surface area (Å²) in [6.07, 6.45) is 1.39. The van der Waals surface area contributed by atoms with E-state index >= 15 is 0 Å². The maximum absolute atomic E-state index is 13.0. The molecule has 140 valence electrons. The topological polar surface area (TPSA) is 42.4 Å². The Balaban J connectivity index is 1.43. The molecule has 2 unspecified atom stereocenters. The minimum absolute atomic E-state index is 0.0369. The van der Waals surface area contributed by atoms with Crippen LogP contribution in [0.25, 0.3) is 10.2 Å². The quantitative estimate of drug-likeness (QED) is 0.660. The summed E-state index contributed by atoms with van der Waals surface area (Å²) in [6, 6.07) is 13.9. The van der Waals surface area contributed by atoms with Gasteiger partial charge in [-0.15, -0.1) is 11.3 Å². The van der Waals surface area contributed by atoms with Crippen LogP contribution in [0.5, 0.6) is 5.75 Å². The summed E-state index contributed by atoms with van der Waals surface area (Å²) >= 11 is 1.71. The van der Waals surface area contributed by atoms with E-state index in [4.69, 9.17) is 9.72 Å². The molecule has 1 aliphatic rings. The highest BCUT2D eigenvalue weighted by Crippen LogP contribution is 2.33. The lowest BCUT2D eigenvalue weighted by Gasteiger charge is -2.33. The molecule has 1 amide bonds. The van der Waals surface area contributed by atoms with Crippen molar-refractivity contribution >= 4 is 27.5 Å². The van der Waals surface area contributed by atoms with E-state index in [0.29, 0.717) is 12.3 Å². The molecule has 0 bridgehead atoms. The van der Waals surface area contributed by atoms with Gasteiger partial charge in [-0.3, -0.25) is 4.79 Å². The van der Waals surface area contributed by atoms with Crippen molar-refractivity contribution < 1.29 is 13.9 Å². The van der Waals surface area contributed by atoms with E-state index in [-0.39, 0.29) is 17.6 Å². The largest absolute Gasteiger partial charge is 0.481 e. The molecule has 1 aromatic heterocycles. The Bertz CT molecular complexity index is 908. The molecule has 1 saturated heterocycles. The van der Waals surface area contributed by atoms with Gasteiger partial charge in [-0.05, 0) is 56.2 Å². The number of aromatic nitrogens is 1. The third kappa shape index (κ3) is 3.95. The fourth-order valence-electron chi connectivity index (χ4n) is 3.47. The van der Waals surface area contributed by atoms with Gasteiger partial charge in [0.1, 0.15) is 11.6 Å². The number of benzene rings is 2. The summed E-state index contributed by atoms with van der Waals surface area (Å²) < 4.78 is 19.9. The zero-order valence-electron chi connectivity index (χ0n) is 15.1. The third-order valence-corrected chi connectivity index (χ3v) is 6.07. The highest BCUT2D eigenvalue weighted by Gasteiger charge is 2.30. The molecule has 0 radical (unpaired) electrons. The number of piperidine rings is 1. The van der Waals surface area contributed by atoms with Gasteiger partial charge < -0.3 is 9.64 Å². The summed E-state index contributed by atoms with van der Waals surface area (Å²) in [5.41, 5.74) is 1.02. The first kappa shape index (κ1) is 17.9. The van der Waals surface area contributed by atoms with Crippen molar-refractivity contribution in [1.29, 1.82) is 0 Å². The van der Waals surface area contributed by atoms with Gasteiger partial charge in [0.05, 0.1) is 15.2 Å². The highest BCUT2D eigenvalue weighted by atomic mass is 32.1. The van der Waals surface area contributed by atoms with E-state index in [9.17, 15) is 9.18 Å². The second-order valence-electron chi connectivity index (χ2n) is 6.86. The second-order valence-corrected chi connectivity index (χ2v) is 7.92. The second kappa shape index (κ2) is 7.64. The molecule has 0 saturated carbocycles. The number of hydrogen-bond donors (Lipinski definition) is 0. The first-order valence-electron chi connectivity index (χ1n) is 9.16. The molecule has 6 heteroatoms. The molecule has 2 aromatic carbocycles. The number of amides is 1. The van der Waals surface area contributed by atoms with Gasteiger partial charge in [0, 0.05) is 19.0 Å². The van der Waals surface area contributed by atoms with E-state index in [0.717, 1.165) is 29.9 Å². The van der Waals surface area contributed by atoms with Gasteiger partial charge in [0.2, 0.25) is 0 Å². The molecule has 4 rings (SSSR count). The van der Waals surface area contributed by atoms with Crippen LogP contribution in [0.2, 0.25) is 0 Å². The fourth-order valence-corrected chi connectivity index (χ4v) is 4.56. The Morgan fingerprint density at radius 1 is 1.26 bits per heavy atom. The number of rotatable bonds is 4. The Labute approximate surface area is 161 Å². The maximum atomic E-state index is 13.0. The molecule has 2 heterocycles. The van der Waals surface area contributed by atoms with E-state index in [1.54, 1.807) is 30.4 Å². The van der Waals surface area contributed by atoms with Gasteiger partial charge in [0.15, 0.2) is 6.10 Å². The number of hydrogen-bond acceptors (Lipinski definition) is 4. The third-order valence-electron chi connectivity index (χ3n) is 4.87. The van der Waals surface area contributed by atoms with Crippen molar-refractivity contribution in [3.05, 3.63) is 59.4 Å². The number of halogens is 1. The molecule has 1 fully saturated rings. The first-order chi connectivity index (χ1) is 13.1. The number of nitrogens with zero attached hydrogens (tertiary/aromatic N) is 2. The lowest BCUT2D eigenvalue weighted by atomic mass is 9.98. The Morgan fingerprint density at radius 2 is 2.04 bits per heavy atom. The van der Waals surface area contributed by atoms with Crippen LogP contribution in [0, 0.1) is 5.82 Å². The van der Waals surface area contributed by atoms with Crippen LogP contribution in [0.3, 0.4) is 0 Å². The molecule has 0 N–H and O–H groups in total. The first-order valence-corrected chi connectivity index (χ1v) is 9.98. The summed E-state index contributed by atoms with van der Waals surface area (Å²) in [4.78, 5) is 19.5. The highest BCUT2D eigenvalue weighted by molar-refractivity contribution is 7.18. The smallest absolute Gasteiger partial charge is 0.263 e. The zero-order chi connectivity index (χ0) is 18.8. The van der Waals surface area contributed by atoms with E-state index in [1.165, 1.54) is 16.8 Å². The Kier molecular flexibility index (Phi) is 5.07. The Morgan fingerprint density at radius 3 is 2.81 bits per heavy atom. The van der Waals surface area contributed by atoms with Gasteiger partial charge in [-0.1, -0.05) is 12.1 Å². The molecular formula is C21H21FN2O2S. The molecule has 0 spiro atoms. The van der Waals surface area contributed by atoms with Crippen molar-refractivity contribution in [3.63, 3.8) is 0 Å². The standard InChI is InChI=1S/C21H21FN2O2S/c1-14(26-17-10-8-16(22)9-11-17)21(25)24-12-4-5-15(13-24)20-23-18-6-2-3-7-19(18)27-20/h2-3,6-11,14-15H,4-5,12-13H2,1H3. The van der Waals surface area contributed by atoms with Crippen LogP contribution in [-0.2, 0) is 4.79 Å². The van der Waals surface area contributed by atoms with Crippen molar-refractivity contribution in [3.8, 4) is 5.75 Å². The molecule has 1 aliphatic heterocycles. The maximum Gasteiger partial charge on any atom is 0.263 e. The van der Waals surface area contributed by atoms with Crippen molar-refractivity contribution in [2.75, 3.05) is 13.1 Å². The lowest BCUT2D eigenvalue weighted by Crippen LogP contribution is -2.45. The van der Waals surface area contributed by atoms with E-state index in [1.807, 2.05) is 23.1 Å². The summed E-state index contributed by atoms with van der Waals surface area (Å²) in [7, 11) is 0. The average molecular weight is 384 g/mol. The number of thiazole rings is 1. The van der Waals surface area contributed by atoms with Gasteiger partial charge in [0.25, 0.3) is 5.91 Å². The van der Waals surface area contributed by atoms with Crippen LogP contribution >= 0.6 is 11.3 Å². The average Bonchev–Trinajstić information content (AvgIpc) is 3.13. The van der Waals surface area contributed by atoms with Crippen LogP contribution in [0.15, 0.2) is 48.5 Å². The van der Waals surface area contributed by atoms with Crippen LogP contribution in [0.1, 0.15) is 30.7 Å². The number of likely N-dealkylation sites (tertiary alicyclic amines) is 1. The number of fused-ring (bicyclic) bond motifs is 1. The monoisotopic (exact) mass is 384 g/mol. The van der Waals surface area contributed by atoms with Crippen molar-refractivity contribution in [2.24, 2.45) is 0 Å². The SMILES string of the molecule is CC(Oc1ccc(F)cc1)C(=O)N1CCCC(c2nc3ccccc3s2)C1. The zero-order valence-corrected chi connectivity index (χ0v) is 15.9. The predicted octanol–water partition coefficient (Wildman–Crippen LogP) is 4.61. The molecule has 0 aliphatic carbocycles. The molecule has 3 aromatic rings. The number of para-hydroxylation sites is 1. The molecular weight excluding hydrogens is 363 g/mol. The van der Waals surface area contributed by atoms with Gasteiger partial charge in [-0.25, -0.2) is 9.37 Å². The fraction of sp³-hybridized carbons (Fsp3) is 0.333. The van der Waals surface area contributed by atoms with Gasteiger partial charge >= 0.3 is 0 Å². The van der Waals surface area contributed by atoms with E-state index in [2.05, 4.69) is 6.07 Å². The lowest BCUT2D eigenvalue weighted by molar-refractivity contribution is -0.139. The molecule has 4 nitrogen and oxygen atoms in total. The normalized spacial score (nSPS) is 18.4. The van der Waals surface area contributed by atoms with Crippen molar-refractivity contribution in [2.45, 2.75) is 31.8 Å². The number of carbonyl (C=O) groups excluding carboxylic acids is 1. The van der Waals surface area contributed by atoms with Crippen LogP contribution in [0.4, 0.5) is 4.39 Å². The molecule has 27 heavy (non-hydrogen) atoms. The predicted molar refractivity (Wildman–Crippen MR) is 105 cm³/mol. The van der Waals surface area contributed by atoms with E-state index < -0.39 is 6.10 Å². The minimum atomic E-state index is -0.607. The van der Waals surface area contributed by atoms with Crippen LogP contribution < -0.4 is 4.74 Å². The van der Waals surface area contributed by atoms with Gasteiger partial charge in [-0.2, -0.15) is 0 Å². The summed E-state index contributed by atoms with van der Waals surface area (Å²) in [5.74, 6) is 0.399. The summed E-state index contributed by atoms with van der Waals surface area (Å²) in [6.45, 7) is 3.14. The Hall–Kier alpha value is -2.47. The number of ether oxygens (including phenoxy) is 1. The van der Waals surface area contributed by atoms with Crippen molar-refractivity contribution in [1.82, 2.24) is 9.88 Å². The minimum Gasteiger partial charge on any atom is -0.481 e. The number of carbonyl (C=O) groups is 1.